The zero-order valence-corrected chi connectivity index (χ0v) is 10.0. The van der Waals surface area contributed by atoms with E-state index in [0.717, 1.165) is 4.90 Å². The second-order valence-electron chi connectivity index (χ2n) is 4.04. The topological polar surface area (TPSA) is 83.9 Å². The molecular weight excluding hydrogens is 226 g/mol. The van der Waals surface area contributed by atoms with Crippen LogP contribution < -0.4 is 0 Å². The van der Waals surface area contributed by atoms with Gasteiger partial charge in [0.05, 0.1) is 19.1 Å². The van der Waals surface area contributed by atoms with Crippen molar-refractivity contribution in [3.63, 3.8) is 0 Å². The summed E-state index contributed by atoms with van der Waals surface area (Å²) < 4.78 is 4.61. The zero-order chi connectivity index (χ0) is 13.0. The van der Waals surface area contributed by atoms with Crippen LogP contribution in [0.3, 0.4) is 0 Å². The maximum Gasteiger partial charge on any atom is 0.416 e. The number of nitrogens with zero attached hydrogens (tertiary/aromatic N) is 1. The Balaban J connectivity index is 2.50. The van der Waals surface area contributed by atoms with Crippen LogP contribution in [0.15, 0.2) is 0 Å². The highest BCUT2D eigenvalue weighted by Gasteiger charge is 2.31. The molecule has 0 radical (unpaired) electrons. The smallest absolute Gasteiger partial charge is 0.416 e. The fourth-order valence-electron chi connectivity index (χ4n) is 1.62. The summed E-state index contributed by atoms with van der Waals surface area (Å²) in [5.41, 5.74) is 0. The molecule has 2 atom stereocenters. The van der Waals surface area contributed by atoms with Gasteiger partial charge in [0.2, 0.25) is 5.91 Å². The van der Waals surface area contributed by atoms with E-state index in [1.165, 1.54) is 0 Å². The molecule has 6 heteroatoms. The van der Waals surface area contributed by atoms with Crippen LogP contribution in [0.25, 0.3) is 0 Å². The van der Waals surface area contributed by atoms with Gasteiger partial charge >= 0.3 is 6.09 Å². The van der Waals surface area contributed by atoms with Crippen LogP contribution >= 0.6 is 0 Å². The van der Waals surface area contributed by atoms with Crippen molar-refractivity contribution in [3.8, 4) is 0 Å². The highest BCUT2D eigenvalue weighted by atomic mass is 16.6. The molecule has 1 saturated heterocycles. The average molecular weight is 243 g/mol. The van der Waals surface area contributed by atoms with Gasteiger partial charge in [0.15, 0.2) is 0 Å². The van der Waals surface area contributed by atoms with E-state index in [4.69, 9.17) is 0 Å². The Morgan fingerprint density at radius 3 is 2.65 bits per heavy atom. The first-order valence-electron chi connectivity index (χ1n) is 5.65. The lowest BCUT2D eigenvalue weighted by Gasteiger charge is -2.18. The van der Waals surface area contributed by atoms with E-state index >= 15 is 0 Å². The van der Waals surface area contributed by atoms with Crippen molar-refractivity contribution in [1.82, 2.24) is 4.90 Å². The molecule has 1 heterocycles. The first kappa shape index (κ1) is 13.6. The standard InChI is InChI=1S/C11H17NO5/c1-3-8(13)7(2)9(14)6-10(15)12-4-5-17-11(12)16/h7,9,14H,3-6H2,1-2H3. The minimum atomic E-state index is -1.05. The summed E-state index contributed by atoms with van der Waals surface area (Å²) in [5, 5.41) is 9.72. The minimum Gasteiger partial charge on any atom is -0.447 e. The molecule has 1 aliphatic rings. The van der Waals surface area contributed by atoms with E-state index in [9.17, 15) is 19.5 Å². The summed E-state index contributed by atoms with van der Waals surface area (Å²) in [4.78, 5) is 35.0. The largest absolute Gasteiger partial charge is 0.447 e. The van der Waals surface area contributed by atoms with Gasteiger partial charge in [-0.2, -0.15) is 0 Å². The monoisotopic (exact) mass is 243 g/mol. The highest BCUT2D eigenvalue weighted by Crippen LogP contribution is 2.14. The number of hydrogen-bond donors (Lipinski definition) is 1. The van der Waals surface area contributed by atoms with Gasteiger partial charge in [-0.15, -0.1) is 0 Å². The highest BCUT2D eigenvalue weighted by molar-refractivity contribution is 5.93. The van der Waals surface area contributed by atoms with Gasteiger partial charge in [-0.25, -0.2) is 9.69 Å². The fraction of sp³-hybridized carbons (Fsp3) is 0.727. The number of Topliss-reactive ketones (excluding diaryl/α,β-unsaturated/α-hetero) is 1. The van der Waals surface area contributed by atoms with Crippen molar-refractivity contribution >= 4 is 17.8 Å². The molecule has 1 N–H and O–H groups in total. The number of hydrogen-bond acceptors (Lipinski definition) is 5. The molecule has 17 heavy (non-hydrogen) atoms. The molecule has 0 saturated carbocycles. The Bertz CT molecular complexity index is 328. The first-order chi connectivity index (χ1) is 7.97. The van der Waals surface area contributed by atoms with Gasteiger partial charge in [0.1, 0.15) is 12.4 Å². The number of amides is 2. The number of aliphatic hydroxyl groups excluding tert-OH is 1. The number of imide groups is 1. The number of cyclic esters (lactones) is 1. The number of carbonyl (C=O) groups is 3. The molecule has 2 amide bonds. The van der Waals surface area contributed by atoms with Crippen LogP contribution in [0.2, 0.25) is 0 Å². The van der Waals surface area contributed by atoms with E-state index in [1.807, 2.05) is 0 Å². The molecule has 1 rings (SSSR count). The van der Waals surface area contributed by atoms with Gasteiger partial charge < -0.3 is 9.84 Å². The van der Waals surface area contributed by atoms with Crippen LogP contribution in [-0.2, 0) is 14.3 Å². The van der Waals surface area contributed by atoms with Crippen molar-refractivity contribution in [2.24, 2.45) is 5.92 Å². The Kier molecular flexibility index (Phi) is 4.62. The third-order valence-electron chi connectivity index (χ3n) is 2.88. The van der Waals surface area contributed by atoms with E-state index < -0.39 is 24.0 Å². The van der Waals surface area contributed by atoms with Crippen molar-refractivity contribution in [1.29, 1.82) is 0 Å². The van der Waals surface area contributed by atoms with E-state index in [-0.39, 0.29) is 25.4 Å². The maximum absolute atomic E-state index is 11.6. The Morgan fingerprint density at radius 1 is 1.53 bits per heavy atom. The van der Waals surface area contributed by atoms with Crippen molar-refractivity contribution in [2.75, 3.05) is 13.2 Å². The quantitative estimate of drug-likeness (QED) is 0.752. The predicted molar refractivity (Wildman–Crippen MR) is 58.1 cm³/mol. The van der Waals surface area contributed by atoms with Crippen molar-refractivity contribution < 1.29 is 24.2 Å². The SMILES string of the molecule is CCC(=O)C(C)C(O)CC(=O)N1CCOC1=O. The molecule has 2 unspecified atom stereocenters. The van der Waals surface area contributed by atoms with Gasteiger partial charge in [0, 0.05) is 12.3 Å². The summed E-state index contributed by atoms with van der Waals surface area (Å²) in [6.07, 6.45) is -1.65. The molecule has 1 aliphatic heterocycles. The van der Waals surface area contributed by atoms with Gasteiger partial charge in [-0.1, -0.05) is 13.8 Å². The van der Waals surface area contributed by atoms with Crippen LogP contribution in [0, 0.1) is 5.92 Å². The second-order valence-corrected chi connectivity index (χ2v) is 4.04. The molecule has 0 spiro atoms. The van der Waals surface area contributed by atoms with Crippen LogP contribution in [0.5, 0.6) is 0 Å². The Hall–Kier alpha value is -1.43. The average Bonchev–Trinajstić information content (AvgIpc) is 2.73. The van der Waals surface area contributed by atoms with Crippen molar-refractivity contribution in [3.05, 3.63) is 0 Å². The second kappa shape index (κ2) is 5.77. The molecule has 96 valence electrons. The summed E-state index contributed by atoms with van der Waals surface area (Å²) in [6, 6.07) is 0. The lowest BCUT2D eigenvalue weighted by molar-refractivity contribution is -0.132. The minimum absolute atomic E-state index is 0.103. The van der Waals surface area contributed by atoms with Gasteiger partial charge in [-0.3, -0.25) is 9.59 Å². The fourth-order valence-corrected chi connectivity index (χ4v) is 1.62. The normalized spacial score (nSPS) is 18.8. The Labute approximate surface area is 99.5 Å². The number of rotatable bonds is 5. The molecular formula is C11H17NO5. The number of ketones is 1. The number of aliphatic hydroxyl groups is 1. The molecule has 0 aliphatic carbocycles. The van der Waals surface area contributed by atoms with Crippen LogP contribution in [-0.4, -0.2) is 47.0 Å². The number of carbonyl (C=O) groups excluding carboxylic acids is 3. The summed E-state index contributed by atoms with van der Waals surface area (Å²) in [5.74, 6) is -1.20. The van der Waals surface area contributed by atoms with Crippen LogP contribution in [0.1, 0.15) is 26.7 Å². The van der Waals surface area contributed by atoms with E-state index in [0.29, 0.717) is 6.42 Å². The maximum atomic E-state index is 11.6. The summed E-state index contributed by atoms with van der Waals surface area (Å²) in [6.45, 7) is 3.67. The first-order valence-corrected chi connectivity index (χ1v) is 5.65. The summed E-state index contributed by atoms with van der Waals surface area (Å²) >= 11 is 0. The van der Waals surface area contributed by atoms with E-state index in [2.05, 4.69) is 4.74 Å². The van der Waals surface area contributed by atoms with Gasteiger partial charge in [0.25, 0.3) is 0 Å². The van der Waals surface area contributed by atoms with Gasteiger partial charge in [-0.05, 0) is 0 Å². The Morgan fingerprint density at radius 2 is 2.18 bits per heavy atom. The lowest BCUT2D eigenvalue weighted by Crippen LogP contribution is -2.36. The molecule has 0 aromatic rings. The predicted octanol–water partition coefficient (Wildman–Crippen LogP) is 0.331. The molecule has 1 fully saturated rings. The molecule has 6 nitrogen and oxygen atoms in total. The van der Waals surface area contributed by atoms with Crippen LogP contribution in [0.4, 0.5) is 4.79 Å². The third kappa shape index (κ3) is 3.26. The van der Waals surface area contributed by atoms with E-state index in [1.54, 1.807) is 13.8 Å². The van der Waals surface area contributed by atoms with Crippen molar-refractivity contribution in [2.45, 2.75) is 32.8 Å². The molecule has 0 bridgehead atoms. The molecule has 0 aromatic carbocycles. The molecule has 0 aromatic heterocycles. The third-order valence-corrected chi connectivity index (χ3v) is 2.88. The zero-order valence-electron chi connectivity index (χ0n) is 10.0. The lowest BCUT2D eigenvalue weighted by atomic mass is 9.95. The summed E-state index contributed by atoms with van der Waals surface area (Å²) in [7, 11) is 0. The number of ether oxygens (including phenoxy) is 1.